The first-order valence-electron chi connectivity index (χ1n) is 11.5. The number of amides is 5. The normalized spacial score (nSPS) is 23.9. The molecule has 174 valence electrons. The van der Waals surface area contributed by atoms with Crippen molar-refractivity contribution < 1.29 is 24.4 Å². The molecule has 31 heavy (non-hydrogen) atoms. The number of nitrogens with one attached hydrogen (secondary N) is 1. The van der Waals surface area contributed by atoms with Crippen LogP contribution < -0.4 is 5.48 Å². The molecule has 3 fully saturated rings. The first-order valence-corrected chi connectivity index (χ1v) is 11.5. The maximum Gasteiger partial charge on any atom is 0.327 e. The van der Waals surface area contributed by atoms with E-state index >= 15 is 0 Å². The molecule has 1 aliphatic carbocycles. The molecule has 2 atom stereocenters. The van der Waals surface area contributed by atoms with Crippen molar-refractivity contribution in [3.63, 3.8) is 0 Å². The smallest absolute Gasteiger partial charge is 0.327 e. The van der Waals surface area contributed by atoms with Crippen molar-refractivity contribution in [3.05, 3.63) is 0 Å². The second-order valence-electron chi connectivity index (χ2n) is 9.78. The minimum Gasteiger partial charge on any atom is -0.342 e. The Morgan fingerprint density at radius 1 is 1.06 bits per heavy atom. The summed E-state index contributed by atoms with van der Waals surface area (Å²) in [6.07, 6.45) is 7.70. The predicted octanol–water partition coefficient (Wildman–Crippen LogP) is 1.99. The highest BCUT2D eigenvalue weighted by Crippen LogP contribution is 2.36. The van der Waals surface area contributed by atoms with E-state index < -0.39 is 35.2 Å². The van der Waals surface area contributed by atoms with Gasteiger partial charge in [-0.2, -0.15) is 0 Å². The number of likely N-dealkylation sites (N-methyl/N-ethyl adjacent to an activating group) is 1. The minimum absolute atomic E-state index is 0.105. The summed E-state index contributed by atoms with van der Waals surface area (Å²) < 4.78 is 0. The zero-order valence-corrected chi connectivity index (χ0v) is 18.9. The molecule has 0 bridgehead atoms. The van der Waals surface area contributed by atoms with E-state index in [4.69, 9.17) is 0 Å². The SMILES string of the molecule is CN1C(=O)N(C[C@H](C(=O)NO)C(CC2CCCC2)C(=O)N2CCCCC2)C(=O)C1(C)C. The number of nitrogens with zero attached hydrogens (tertiary/aromatic N) is 3. The molecular weight excluding hydrogens is 400 g/mol. The summed E-state index contributed by atoms with van der Waals surface area (Å²) in [6, 6.07) is -0.490. The number of carbonyl (C=O) groups excluding carboxylic acids is 4. The van der Waals surface area contributed by atoms with E-state index in [9.17, 15) is 24.4 Å². The fraction of sp³-hybridized carbons (Fsp3) is 0.818. The van der Waals surface area contributed by atoms with Crippen LogP contribution >= 0.6 is 0 Å². The Kier molecular flexibility index (Phi) is 7.24. The molecule has 3 rings (SSSR count). The highest BCUT2D eigenvalue weighted by atomic mass is 16.5. The molecule has 2 N–H and O–H groups in total. The van der Waals surface area contributed by atoms with Crippen LogP contribution in [-0.4, -0.2) is 75.9 Å². The molecule has 2 aliphatic heterocycles. The summed E-state index contributed by atoms with van der Waals surface area (Å²) in [6.45, 7) is 4.41. The third-order valence-electron chi connectivity index (χ3n) is 7.48. The van der Waals surface area contributed by atoms with Crippen LogP contribution in [0.2, 0.25) is 0 Å². The van der Waals surface area contributed by atoms with Gasteiger partial charge in [0.05, 0.1) is 11.8 Å². The average Bonchev–Trinajstić information content (AvgIpc) is 3.34. The van der Waals surface area contributed by atoms with Crippen molar-refractivity contribution in [3.8, 4) is 0 Å². The molecule has 3 aliphatic rings. The summed E-state index contributed by atoms with van der Waals surface area (Å²) >= 11 is 0. The maximum atomic E-state index is 13.5. The molecule has 9 heteroatoms. The second kappa shape index (κ2) is 9.54. The van der Waals surface area contributed by atoms with Crippen LogP contribution in [-0.2, 0) is 14.4 Å². The minimum atomic E-state index is -1.02. The van der Waals surface area contributed by atoms with Crippen molar-refractivity contribution in [2.24, 2.45) is 17.8 Å². The second-order valence-corrected chi connectivity index (χ2v) is 9.78. The van der Waals surface area contributed by atoms with Gasteiger partial charge in [0.15, 0.2) is 0 Å². The summed E-state index contributed by atoms with van der Waals surface area (Å²) in [5, 5.41) is 9.44. The molecule has 2 saturated heterocycles. The zero-order valence-electron chi connectivity index (χ0n) is 18.9. The Morgan fingerprint density at radius 3 is 2.19 bits per heavy atom. The number of imide groups is 1. The quantitative estimate of drug-likeness (QED) is 0.360. The van der Waals surface area contributed by atoms with E-state index in [-0.39, 0.29) is 12.5 Å². The van der Waals surface area contributed by atoms with E-state index in [1.165, 1.54) is 4.90 Å². The third kappa shape index (κ3) is 4.71. The lowest BCUT2D eigenvalue weighted by atomic mass is 9.81. The largest absolute Gasteiger partial charge is 0.342 e. The van der Waals surface area contributed by atoms with Crippen molar-refractivity contribution in [2.75, 3.05) is 26.7 Å². The molecular formula is C22H36N4O5. The fourth-order valence-electron chi connectivity index (χ4n) is 5.21. The molecule has 0 aromatic heterocycles. The van der Waals surface area contributed by atoms with E-state index in [2.05, 4.69) is 0 Å². The molecule has 0 spiro atoms. The van der Waals surface area contributed by atoms with Gasteiger partial charge in [-0.15, -0.1) is 0 Å². The van der Waals surface area contributed by atoms with Gasteiger partial charge >= 0.3 is 6.03 Å². The van der Waals surface area contributed by atoms with Crippen LogP contribution in [0.4, 0.5) is 4.79 Å². The number of urea groups is 1. The molecule has 9 nitrogen and oxygen atoms in total. The van der Waals surface area contributed by atoms with Gasteiger partial charge in [0.2, 0.25) is 11.8 Å². The summed E-state index contributed by atoms with van der Waals surface area (Å²) in [7, 11) is 1.55. The van der Waals surface area contributed by atoms with Crippen LogP contribution in [0, 0.1) is 17.8 Å². The van der Waals surface area contributed by atoms with Gasteiger partial charge in [-0.25, -0.2) is 10.3 Å². The number of hydrogen-bond donors (Lipinski definition) is 2. The number of hydrogen-bond acceptors (Lipinski definition) is 5. The summed E-state index contributed by atoms with van der Waals surface area (Å²) in [4.78, 5) is 56.2. The van der Waals surface area contributed by atoms with E-state index in [1.807, 2.05) is 4.90 Å². The number of rotatable bonds is 7. The summed E-state index contributed by atoms with van der Waals surface area (Å²) in [5.74, 6) is -2.57. The monoisotopic (exact) mass is 436 g/mol. The van der Waals surface area contributed by atoms with E-state index in [0.29, 0.717) is 25.4 Å². The Hall–Kier alpha value is -2.16. The van der Waals surface area contributed by atoms with Gasteiger partial charge in [0.1, 0.15) is 5.54 Å². The topological polar surface area (TPSA) is 110 Å². The standard InChI is InChI=1S/C22H36N4O5/c1-22(2)20(29)26(21(30)24(22)3)14-17(18(27)23-31)16(13-15-9-5-6-10-15)19(28)25-11-7-4-8-12-25/h15-17,31H,4-14H2,1-3H3,(H,23,27)/t16?,17-/m0/s1. The number of likely N-dealkylation sites (tertiary alicyclic amines) is 1. The van der Waals surface area contributed by atoms with Crippen molar-refractivity contribution in [1.82, 2.24) is 20.2 Å². The molecule has 0 radical (unpaired) electrons. The van der Waals surface area contributed by atoms with Crippen LogP contribution in [0.1, 0.15) is 65.2 Å². The average molecular weight is 437 g/mol. The van der Waals surface area contributed by atoms with Crippen LogP contribution in [0.25, 0.3) is 0 Å². The Morgan fingerprint density at radius 2 is 1.68 bits per heavy atom. The highest BCUT2D eigenvalue weighted by Gasteiger charge is 2.51. The molecule has 0 aromatic carbocycles. The lowest BCUT2D eigenvalue weighted by Crippen LogP contribution is -2.50. The first kappa shape index (κ1) is 23.5. The Balaban J connectivity index is 1.88. The Bertz CT molecular complexity index is 713. The molecule has 0 aromatic rings. The van der Waals surface area contributed by atoms with E-state index in [1.54, 1.807) is 26.4 Å². The molecule has 1 saturated carbocycles. The highest BCUT2D eigenvalue weighted by molar-refractivity contribution is 6.06. The maximum absolute atomic E-state index is 13.5. The number of hydroxylamine groups is 1. The zero-order chi connectivity index (χ0) is 22.8. The number of piperidine rings is 1. The van der Waals surface area contributed by atoms with E-state index in [0.717, 1.165) is 49.8 Å². The molecule has 2 heterocycles. The van der Waals surface area contributed by atoms with Crippen molar-refractivity contribution in [1.29, 1.82) is 0 Å². The van der Waals surface area contributed by atoms with Gasteiger partial charge < -0.3 is 9.80 Å². The van der Waals surface area contributed by atoms with Crippen LogP contribution in [0.3, 0.4) is 0 Å². The lowest BCUT2D eigenvalue weighted by Gasteiger charge is -2.35. The predicted molar refractivity (Wildman–Crippen MR) is 113 cm³/mol. The van der Waals surface area contributed by atoms with Crippen LogP contribution in [0.5, 0.6) is 0 Å². The van der Waals surface area contributed by atoms with Gasteiger partial charge in [0.25, 0.3) is 5.91 Å². The van der Waals surface area contributed by atoms with Gasteiger partial charge in [-0.05, 0) is 45.4 Å². The first-order chi connectivity index (χ1) is 14.7. The Labute approximate surface area is 184 Å². The van der Waals surface area contributed by atoms with Crippen molar-refractivity contribution in [2.45, 2.75) is 70.8 Å². The van der Waals surface area contributed by atoms with Gasteiger partial charge in [-0.1, -0.05) is 25.7 Å². The fourth-order valence-corrected chi connectivity index (χ4v) is 5.21. The van der Waals surface area contributed by atoms with Crippen molar-refractivity contribution >= 4 is 23.8 Å². The van der Waals surface area contributed by atoms with Gasteiger partial charge in [0, 0.05) is 26.7 Å². The molecule has 5 amide bonds. The third-order valence-corrected chi connectivity index (χ3v) is 7.48. The summed E-state index contributed by atoms with van der Waals surface area (Å²) in [5.41, 5.74) is 0.673. The van der Waals surface area contributed by atoms with Gasteiger partial charge in [-0.3, -0.25) is 24.5 Å². The lowest BCUT2D eigenvalue weighted by molar-refractivity contribution is -0.148. The molecule has 1 unspecified atom stereocenters. The number of carbonyl (C=O) groups is 4. The van der Waals surface area contributed by atoms with Crippen LogP contribution in [0.15, 0.2) is 0 Å².